The van der Waals surface area contributed by atoms with Crippen molar-refractivity contribution in [2.45, 2.75) is 235 Å². The molecule has 740 valence electrons. The summed E-state index contributed by atoms with van der Waals surface area (Å²) >= 11 is 2.99. The first kappa shape index (κ1) is 142. The van der Waals surface area contributed by atoms with Crippen molar-refractivity contribution in [2.24, 2.45) is 57.3 Å². The van der Waals surface area contributed by atoms with Crippen LogP contribution in [0, 0.1) is 0 Å². The lowest BCUT2D eigenvalue weighted by Gasteiger charge is -2.07. The van der Waals surface area contributed by atoms with Gasteiger partial charge >= 0.3 is 53.7 Å². The lowest BCUT2D eigenvalue weighted by atomic mass is 10.1. The van der Waals surface area contributed by atoms with Crippen LogP contribution in [0.3, 0.4) is 0 Å². The number of rotatable bonds is 50. The minimum absolute atomic E-state index is 0. The monoisotopic (exact) mass is 1920 g/mol. The van der Waals surface area contributed by atoms with Gasteiger partial charge in [-0.25, -0.2) is 14.4 Å². The van der Waals surface area contributed by atoms with E-state index in [2.05, 4.69) is 53.0 Å². The lowest BCUT2D eigenvalue weighted by molar-refractivity contribution is -0.153. The molecule has 0 spiro atoms. The summed E-state index contributed by atoms with van der Waals surface area (Å²) in [5.41, 5.74) is 54.4. The molecule has 0 saturated heterocycles. The van der Waals surface area contributed by atoms with Crippen molar-refractivity contribution in [3.63, 3.8) is 0 Å². The molecule has 0 aliphatic rings. The Balaban J connectivity index is -0.000000134. The predicted octanol–water partition coefficient (Wildman–Crippen LogP) is -1.90. The number of aliphatic carboxylic acids is 6. The molecule has 10 atom stereocenters. The minimum atomic E-state index is -1.24. The first-order chi connectivity index (χ1) is 58.9. The summed E-state index contributed by atoms with van der Waals surface area (Å²) < 4.78 is 13.8. The SMILES string of the molecule is C.C=C(C)C(=O)NCCC(N)C(=O)O.C=C(C)C(=O)OCCC(N)C(=O)O.C=C(C)C(=O)OCCCC(N)C(=O)O.C=C(C)C(=O)SCCC(N)C(=O)O.C=C(C)C(=O)SCCCC(N)C(=O)O.CC(=O)C(=O)C(=O)CCC(N)C(=O)O.CC(=O)C(=O)CCC(N)C(C)=O.CC(=O)C(=O)NCC(N)C(C)=O.CC(=O)C(=O)OCC(N)C(C)=O.CC(=O)C(=O)SCC(N)C(C)=O. The molecule has 0 radical (unpaired) electrons. The van der Waals surface area contributed by atoms with Crippen molar-refractivity contribution in [1.82, 2.24) is 10.6 Å². The van der Waals surface area contributed by atoms with Gasteiger partial charge in [-0.05, 0) is 125 Å². The quantitative estimate of drug-likeness (QED) is 0.00790. The Labute approximate surface area is 765 Å². The largest absolute Gasteiger partial charge is 0.480 e. The highest BCUT2D eigenvalue weighted by molar-refractivity contribution is 8.15. The molecule has 0 aliphatic heterocycles. The Hall–Kier alpha value is -11.4. The normalized spacial score (nSPS) is 11.9. The summed E-state index contributed by atoms with van der Waals surface area (Å²) in [6, 6.07) is -8.53. The summed E-state index contributed by atoms with van der Waals surface area (Å²) in [6.07, 6.45) is 2.22. The third-order valence-corrected chi connectivity index (χ3v) is 17.3. The molecule has 0 aromatic heterocycles. The fourth-order valence-electron chi connectivity index (χ4n) is 5.72. The van der Waals surface area contributed by atoms with Crippen LogP contribution in [0.15, 0.2) is 60.8 Å². The van der Waals surface area contributed by atoms with Gasteiger partial charge in [-0.2, -0.15) is 0 Å². The number of Topliss-reactive ketones (excluding diaryl/α,β-unsaturated/α-hetero) is 12. The Morgan fingerprint density at radius 3 is 1.00 bits per heavy atom. The van der Waals surface area contributed by atoms with E-state index in [-0.39, 0.29) is 129 Å². The minimum Gasteiger partial charge on any atom is -0.480 e. The Morgan fingerprint density at radius 1 is 0.300 bits per heavy atom. The van der Waals surface area contributed by atoms with Gasteiger partial charge in [-0.3, -0.25) is 110 Å². The van der Waals surface area contributed by atoms with Crippen molar-refractivity contribution in [2.75, 3.05) is 50.2 Å². The van der Waals surface area contributed by atoms with Crippen LogP contribution in [-0.4, -0.2) is 292 Å². The molecule has 0 bridgehead atoms. The molecule has 2 amide bonds. The number of nitrogens with one attached hydrogen (secondary N) is 2. The zero-order valence-electron chi connectivity index (χ0n) is 74.8. The van der Waals surface area contributed by atoms with Gasteiger partial charge in [0.25, 0.3) is 16.8 Å². The van der Waals surface area contributed by atoms with E-state index in [1.807, 2.05) is 0 Å². The number of carbonyl (C=O) groups excluding carboxylic acids is 20. The number of ketones is 12. The highest BCUT2D eigenvalue weighted by Crippen LogP contribution is 2.13. The summed E-state index contributed by atoms with van der Waals surface area (Å²) in [7, 11) is 0. The number of esters is 3. The summed E-state index contributed by atoms with van der Waals surface area (Å²) in [6.45, 7) is 36.2. The molecule has 0 aromatic rings. The van der Waals surface area contributed by atoms with E-state index in [9.17, 15) is 125 Å². The maximum atomic E-state index is 11.0. The topological polar surface area (TPSA) is 877 Å². The van der Waals surface area contributed by atoms with Gasteiger partial charge in [0, 0.05) is 101 Å². The molecule has 10 unspecified atom stereocenters. The van der Waals surface area contributed by atoms with Crippen LogP contribution >= 0.6 is 35.3 Å². The average Bonchev–Trinajstić information content (AvgIpc) is 0.931. The highest BCUT2D eigenvalue weighted by atomic mass is 32.2. The standard InChI is InChI=1S/C9H15NO4.C9H15NO3S.C8H14N2O3.C8H11NO5.C8H13NO4.C8H13NO3S.C8H13NO3.C7H12N2O3.C7H11NO4.C7H11NO3S.CH4/c2*1-6(2)9(13)14-5-3-4-7(10)8(11)12;1-5(2)7(11)10-4-3-6(9)8(12)13;1-4(10)7(12)6(11)3-2-5(9)8(13)14;2*1-5(2)8(12)13-4-3-6(9)7(10)11;1-5(10)7(9)3-4-8(12)6(2)11;1-4(10)6(8)3-9-7(12)5(2)11;2*1-4(9)6(8)3-12-7(11)5(2)10;/h2*7H,1,3-5,10H2,2H3,(H,11,12);6H,1,3-4,9H2,2H3,(H,10,11)(H,12,13);5H,2-3,9H2,1H3,(H,13,14);2*6H,1,3-4,9H2,2H3,(H,10,11);7H,3-4,9H2,1-2H3;6H,3,8H2,1-2H3,(H,9,12);2*6H,3,8H2,1-2H3;1H4. The molecule has 0 rings (SSSR count). The molecular weight excluding hydrogens is 1790 g/mol. The van der Waals surface area contributed by atoms with Crippen molar-refractivity contribution >= 4 is 186 Å². The fraction of sp³-hybridized carbons (Fsp3) is 0.550. The maximum absolute atomic E-state index is 11.0. The number of carbonyl (C=O) groups is 26. The Bertz CT molecular complexity index is 3560. The van der Waals surface area contributed by atoms with Crippen molar-refractivity contribution in [3.05, 3.63) is 60.8 Å². The van der Waals surface area contributed by atoms with Gasteiger partial charge in [0.1, 0.15) is 66.0 Å². The van der Waals surface area contributed by atoms with Gasteiger partial charge in [-0.15, -0.1) is 0 Å². The highest BCUT2D eigenvalue weighted by Gasteiger charge is 2.23. The maximum Gasteiger partial charge on any atom is 0.374 e. The van der Waals surface area contributed by atoms with E-state index in [1.165, 1.54) is 48.5 Å². The number of ether oxygens (including phenoxy) is 3. The van der Waals surface area contributed by atoms with E-state index in [0.717, 1.165) is 56.1 Å². The third-order valence-electron chi connectivity index (χ3n) is 14.1. The Morgan fingerprint density at radius 2 is 0.654 bits per heavy atom. The molecule has 28 N–H and O–H groups in total. The molecule has 0 heterocycles. The van der Waals surface area contributed by atoms with Crippen molar-refractivity contribution in [1.29, 1.82) is 0 Å². The smallest absolute Gasteiger partial charge is 0.374 e. The van der Waals surface area contributed by atoms with Gasteiger partial charge < -0.3 is 113 Å². The first-order valence-electron chi connectivity index (χ1n) is 37.8. The van der Waals surface area contributed by atoms with Crippen LogP contribution in [0.5, 0.6) is 0 Å². The van der Waals surface area contributed by atoms with E-state index in [1.54, 1.807) is 27.7 Å². The fourth-order valence-corrected chi connectivity index (χ4v) is 8.04. The summed E-state index contributed by atoms with van der Waals surface area (Å²) in [4.78, 5) is 275. The number of nitrogens with two attached hydrogens (primary N) is 10. The van der Waals surface area contributed by atoms with E-state index < -0.39 is 171 Å². The van der Waals surface area contributed by atoms with Crippen molar-refractivity contribution < 1.29 is 170 Å². The molecular formula is C80H132N12O35S3. The van der Waals surface area contributed by atoms with Gasteiger partial charge in [0.2, 0.25) is 45.1 Å². The number of carboxylic acid groups (broad SMARTS) is 6. The molecule has 0 saturated carbocycles. The van der Waals surface area contributed by atoms with E-state index in [0.29, 0.717) is 65.9 Å². The van der Waals surface area contributed by atoms with Crippen LogP contribution in [0.2, 0.25) is 0 Å². The summed E-state index contributed by atoms with van der Waals surface area (Å²) in [5, 5.41) is 54.5. The second-order valence-corrected chi connectivity index (χ2v) is 30.0. The van der Waals surface area contributed by atoms with Crippen LogP contribution in [0.25, 0.3) is 0 Å². The first-order valence-corrected chi connectivity index (χ1v) is 40.8. The number of hydrogen-bond acceptors (Lipinski definition) is 42. The number of thioether (sulfide) groups is 3. The molecule has 0 aliphatic carbocycles. The van der Waals surface area contributed by atoms with Gasteiger partial charge in [0.05, 0.1) is 37.4 Å². The zero-order valence-corrected chi connectivity index (χ0v) is 77.2. The predicted molar refractivity (Wildman–Crippen MR) is 480 cm³/mol. The zero-order chi connectivity index (χ0) is 104. The molecule has 50 heteroatoms. The average molecular weight is 1920 g/mol. The van der Waals surface area contributed by atoms with Crippen LogP contribution < -0.4 is 68.0 Å². The van der Waals surface area contributed by atoms with E-state index >= 15 is 0 Å². The van der Waals surface area contributed by atoms with Crippen LogP contribution in [0.4, 0.5) is 0 Å². The summed E-state index contributed by atoms with van der Waals surface area (Å²) in [5.74, 6) is -14.7. The molecule has 47 nitrogen and oxygen atoms in total. The van der Waals surface area contributed by atoms with Gasteiger partial charge in [-0.1, -0.05) is 75.6 Å². The third kappa shape index (κ3) is 92.7. The number of hydrogen-bond donors (Lipinski definition) is 18. The lowest BCUT2D eigenvalue weighted by Crippen LogP contribution is -2.43. The second-order valence-electron chi connectivity index (χ2n) is 26.8. The number of carboxylic acids is 6. The Kier molecular flexibility index (Phi) is 90.7. The molecule has 0 aromatic carbocycles. The molecule has 0 fully saturated rings. The number of amides is 2. The van der Waals surface area contributed by atoms with Crippen LogP contribution in [-0.2, 0) is 139 Å². The molecule has 130 heavy (non-hydrogen) atoms. The van der Waals surface area contributed by atoms with Gasteiger partial charge in [0.15, 0.2) is 11.6 Å². The van der Waals surface area contributed by atoms with Crippen molar-refractivity contribution in [3.8, 4) is 0 Å². The second kappa shape index (κ2) is 83.2. The van der Waals surface area contributed by atoms with Crippen LogP contribution in [0.1, 0.15) is 175 Å². The van der Waals surface area contributed by atoms with E-state index in [4.69, 9.17) is 92.7 Å².